The van der Waals surface area contributed by atoms with Gasteiger partial charge in [0.1, 0.15) is 0 Å². The van der Waals surface area contributed by atoms with Crippen molar-refractivity contribution in [3.05, 3.63) is 0 Å². The van der Waals surface area contributed by atoms with Crippen molar-refractivity contribution in [1.82, 2.24) is 14.7 Å². The van der Waals surface area contributed by atoms with Crippen molar-refractivity contribution in [2.75, 3.05) is 46.8 Å². The van der Waals surface area contributed by atoms with Gasteiger partial charge in [0.2, 0.25) is 11.8 Å². The van der Waals surface area contributed by atoms with Crippen LogP contribution >= 0.6 is 0 Å². The van der Waals surface area contributed by atoms with Crippen LogP contribution in [0.5, 0.6) is 0 Å². The van der Waals surface area contributed by atoms with Gasteiger partial charge in [0.15, 0.2) is 0 Å². The maximum Gasteiger partial charge on any atom is 0.228 e. The van der Waals surface area contributed by atoms with E-state index in [0.717, 1.165) is 32.6 Å². The second-order valence-electron chi connectivity index (χ2n) is 6.77. The zero-order chi connectivity index (χ0) is 15.4. The van der Waals surface area contributed by atoms with E-state index in [0.29, 0.717) is 18.9 Å². The van der Waals surface area contributed by atoms with E-state index in [1.54, 1.807) is 0 Å². The summed E-state index contributed by atoms with van der Waals surface area (Å²) in [5.74, 6) is 0.926. The zero-order valence-electron chi connectivity index (χ0n) is 13.7. The predicted octanol–water partition coefficient (Wildman–Crippen LogP) is 1.05. The number of carbonyl (C=O) groups excluding carboxylic acids is 2. The van der Waals surface area contributed by atoms with Crippen molar-refractivity contribution in [2.24, 2.45) is 11.8 Å². The van der Waals surface area contributed by atoms with E-state index in [9.17, 15) is 9.59 Å². The molecule has 1 aliphatic carbocycles. The molecule has 0 aromatic carbocycles. The van der Waals surface area contributed by atoms with E-state index in [1.165, 1.54) is 12.8 Å². The third-order valence-corrected chi connectivity index (χ3v) is 4.36. The summed E-state index contributed by atoms with van der Waals surface area (Å²) in [4.78, 5) is 30.6. The minimum atomic E-state index is -0.120. The molecule has 5 heteroatoms. The number of rotatable bonds is 8. The molecule has 2 rings (SSSR count). The maximum atomic E-state index is 12.7. The van der Waals surface area contributed by atoms with Gasteiger partial charge in [-0.1, -0.05) is 6.92 Å². The fraction of sp³-hybridized carbons (Fsp3) is 0.875. The second kappa shape index (κ2) is 7.25. The van der Waals surface area contributed by atoms with Crippen molar-refractivity contribution in [2.45, 2.75) is 32.6 Å². The first kappa shape index (κ1) is 16.3. The molecule has 2 amide bonds. The van der Waals surface area contributed by atoms with Gasteiger partial charge in [0.05, 0.1) is 5.92 Å². The van der Waals surface area contributed by atoms with Gasteiger partial charge in [-0.15, -0.1) is 0 Å². The standard InChI is InChI=1S/C16H29N3O2/c1-4-7-19(11-13-5-6-13)16(21)14-10-15(20)18(12-14)9-8-17(2)3/h13-14H,4-12H2,1-3H3/t14-/m0/s1. The highest BCUT2D eigenvalue weighted by Gasteiger charge is 2.37. The van der Waals surface area contributed by atoms with Crippen LogP contribution in [0.15, 0.2) is 0 Å². The molecular formula is C16H29N3O2. The first-order valence-corrected chi connectivity index (χ1v) is 8.22. The molecule has 2 fully saturated rings. The van der Waals surface area contributed by atoms with Gasteiger partial charge in [0, 0.05) is 39.1 Å². The van der Waals surface area contributed by atoms with Gasteiger partial charge in [-0.05, 0) is 39.3 Å². The number of likely N-dealkylation sites (N-methyl/N-ethyl adjacent to an activating group) is 1. The van der Waals surface area contributed by atoms with Crippen molar-refractivity contribution >= 4 is 11.8 Å². The molecule has 1 heterocycles. The quantitative estimate of drug-likeness (QED) is 0.672. The van der Waals surface area contributed by atoms with Crippen molar-refractivity contribution in [3.63, 3.8) is 0 Å². The molecule has 0 radical (unpaired) electrons. The SMILES string of the molecule is CCCN(CC1CC1)C(=O)[C@H]1CC(=O)N(CCN(C)C)C1. The van der Waals surface area contributed by atoms with Crippen LogP contribution in [0.3, 0.4) is 0 Å². The Kier molecular flexibility index (Phi) is 5.62. The van der Waals surface area contributed by atoms with Gasteiger partial charge in [-0.25, -0.2) is 0 Å². The van der Waals surface area contributed by atoms with Gasteiger partial charge in [-0.3, -0.25) is 9.59 Å². The lowest BCUT2D eigenvalue weighted by molar-refractivity contribution is -0.136. The zero-order valence-corrected chi connectivity index (χ0v) is 13.7. The van der Waals surface area contributed by atoms with E-state index in [2.05, 4.69) is 11.8 Å². The lowest BCUT2D eigenvalue weighted by Crippen LogP contribution is -2.39. The Hall–Kier alpha value is -1.10. The maximum absolute atomic E-state index is 12.7. The predicted molar refractivity (Wildman–Crippen MR) is 82.8 cm³/mol. The first-order valence-electron chi connectivity index (χ1n) is 8.22. The molecule has 0 aromatic rings. The molecule has 0 N–H and O–H groups in total. The smallest absolute Gasteiger partial charge is 0.228 e. The van der Waals surface area contributed by atoms with Crippen LogP contribution in [0.2, 0.25) is 0 Å². The average Bonchev–Trinajstić information content (AvgIpc) is 3.17. The first-order chi connectivity index (χ1) is 10.0. The molecule has 0 bridgehead atoms. The van der Waals surface area contributed by atoms with Crippen LogP contribution in [-0.2, 0) is 9.59 Å². The molecule has 0 aromatic heterocycles. The Labute approximate surface area is 128 Å². The van der Waals surface area contributed by atoms with Crippen molar-refractivity contribution in [3.8, 4) is 0 Å². The molecule has 21 heavy (non-hydrogen) atoms. The summed E-state index contributed by atoms with van der Waals surface area (Å²) >= 11 is 0. The molecule has 0 spiro atoms. The number of hydrogen-bond donors (Lipinski definition) is 0. The lowest BCUT2D eigenvalue weighted by atomic mass is 10.1. The highest BCUT2D eigenvalue weighted by Crippen LogP contribution is 2.31. The van der Waals surface area contributed by atoms with Crippen molar-refractivity contribution in [1.29, 1.82) is 0 Å². The highest BCUT2D eigenvalue weighted by molar-refractivity contribution is 5.89. The number of nitrogens with zero attached hydrogens (tertiary/aromatic N) is 3. The number of carbonyl (C=O) groups is 2. The van der Waals surface area contributed by atoms with Crippen LogP contribution in [0.1, 0.15) is 32.6 Å². The number of likely N-dealkylation sites (tertiary alicyclic amines) is 1. The molecule has 1 saturated heterocycles. The Morgan fingerprint density at radius 1 is 1.29 bits per heavy atom. The average molecular weight is 295 g/mol. The molecule has 1 saturated carbocycles. The molecular weight excluding hydrogens is 266 g/mol. The minimum absolute atomic E-state index is 0.120. The van der Waals surface area contributed by atoms with Crippen LogP contribution in [-0.4, -0.2) is 73.3 Å². The molecule has 2 aliphatic rings. The van der Waals surface area contributed by atoms with Crippen molar-refractivity contribution < 1.29 is 9.59 Å². The van der Waals surface area contributed by atoms with Crippen LogP contribution in [0.25, 0.3) is 0 Å². The van der Waals surface area contributed by atoms with Gasteiger partial charge >= 0.3 is 0 Å². The Bertz CT molecular complexity index is 380. The van der Waals surface area contributed by atoms with Crippen LogP contribution < -0.4 is 0 Å². The summed E-state index contributed by atoms with van der Waals surface area (Å²) in [6, 6.07) is 0. The van der Waals surface area contributed by atoms with Crippen LogP contribution in [0.4, 0.5) is 0 Å². The summed E-state index contributed by atoms with van der Waals surface area (Å²) < 4.78 is 0. The molecule has 0 unspecified atom stereocenters. The third kappa shape index (κ3) is 4.70. The van der Waals surface area contributed by atoms with Gasteiger partial charge in [-0.2, -0.15) is 0 Å². The summed E-state index contributed by atoms with van der Waals surface area (Å²) in [5.41, 5.74) is 0. The Balaban J connectivity index is 1.87. The molecule has 1 atom stereocenters. The summed E-state index contributed by atoms with van der Waals surface area (Å²) in [6.07, 6.45) is 3.90. The summed E-state index contributed by atoms with van der Waals surface area (Å²) in [6.45, 7) is 6.03. The van der Waals surface area contributed by atoms with E-state index >= 15 is 0 Å². The summed E-state index contributed by atoms with van der Waals surface area (Å²) in [5, 5.41) is 0. The second-order valence-corrected chi connectivity index (χ2v) is 6.77. The monoisotopic (exact) mass is 295 g/mol. The van der Waals surface area contributed by atoms with E-state index in [-0.39, 0.29) is 17.7 Å². The molecule has 1 aliphatic heterocycles. The minimum Gasteiger partial charge on any atom is -0.342 e. The topological polar surface area (TPSA) is 43.9 Å². The third-order valence-electron chi connectivity index (χ3n) is 4.36. The highest BCUT2D eigenvalue weighted by atomic mass is 16.2. The molecule has 120 valence electrons. The molecule has 5 nitrogen and oxygen atoms in total. The summed E-state index contributed by atoms with van der Waals surface area (Å²) in [7, 11) is 4.00. The normalized spacial score (nSPS) is 22.2. The van der Waals surface area contributed by atoms with Gasteiger partial charge < -0.3 is 14.7 Å². The fourth-order valence-corrected chi connectivity index (χ4v) is 2.91. The van der Waals surface area contributed by atoms with Gasteiger partial charge in [0.25, 0.3) is 0 Å². The van der Waals surface area contributed by atoms with E-state index in [1.807, 2.05) is 23.9 Å². The Morgan fingerprint density at radius 3 is 2.57 bits per heavy atom. The lowest BCUT2D eigenvalue weighted by Gasteiger charge is -2.25. The van der Waals surface area contributed by atoms with Crippen LogP contribution in [0, 0.1) is 11.8 Å². The number of hydrogen-bond acceptors (Lipinski definition) is 3. The van der Waals surface area contributed by atoms with E-state index in [4.69, 9.17) is 0 Å². The van der Waals surface area contributed by atoms with E-state index < -0.39 is 0 Å². The Morgan fingerprint density at radius 2 is 2.00 bits per heavy atom. The largest absolute Gasteiger partial charge is 0.342 e. The fourth-order valence-electron chi connectivity index (χ4n) is 2.91. The number of amides is 2.